The van der Waals surface area contributed by atoms with E-state index in [1.807, 2.05) is 11.9 Å². The molecule has 0 radical (unpaired) electrons. The van der Waals surface area contributed by atoms with E-state index in [0.717, 1.165) is 30.9 Å². The molecule has 1 heterocycles. The fraction of sp³-hybridized carbons (Fsp3) is 0.588. The Morgan fingerprint density at radius 3 is 2.38 bits per heavy atom. The number of rotatable bonds is 5. The lowest BCUT2D eigenvalue weighted by Gasteiger charge is -2.31. The topological polar surface area (TPSA) is 65.0 Å². The average molecular weight is 498 g/mol. The second-order valence-corrected chi connectivity index (χ2v) is 8.50. The van der Waals surface area contributed by atoms with Crippen LogP contribution in [-0.2, 0) is 16.6 Å². The van der Waals surface area contributed by atoms with Crippen molar-refractivity contribution in [3.8, 4) is 0 Å². The third-order valence-electron chi connectivity index (χ3n) is 4.50. The van der Waals surface area contributed by atoms with Crippen molar-refractivity contribution in [3.05, 3.63) is 35.6 Å². The first kappa shape index (κ1) is 23.1. The average Bonchev–Trinajstić information content (AvgIpc) is 2.57. The van der Waals surface area contributed by atoms with E-state index in [4.69, 9.17) is 0 Å². The van der Waals surface area contributed by atoms with E-state index in [2.05, 4.69) is 10.3 Å². The Labute approximate surface area is 172 Å². The molecule has 0 amide bonds. The molecule has 9 heteroatoms. The van der Waals surface area contributed by atoms with Gasteiger partial charge in [-0.05, 0) is 36.5 Å². The lowest BCUT2D eigenvalue weighted by molar-refractivity contribution is 0.273. The van der Waals surface area contributed by atoms with Crippen LogP contribution >= 0.6 is 24.0 Å². The van der Waals surface area contributed by atoms with Crippen molar-refractivity contribution in [1.82, 2.24) is 14.5 Å². The lowest BCUT2D eigenvalue weighted by atomic mass is 9.98. The van der Waals surface area contributed by atoms with Gasteiger partial charge >= 0.3 is 0 Å². The number of hydrogen-bond acceptors (Lipinski definition) is 3. The van der Waals surface area contributed by atoms with Crippen molar-refractivity contribution in [2.75, 3.05) is 40.0 Å². The molecule has 0 aromatic heterocycles. The molecule has 0 aliphatic carbocycles. The summed E-state index contributed by atoms with van der Waals surface area (Å²) in [5.74, 6) is 0.957. The minimum atomic E-state index is -3.08. The van der Waals surface area contributed by atoms with Crippen LogP contribution in [0, 0.1) is 11.7 Å². The van der Waals surface area contributed by atoms with E-state index in [1.165, 1.54) is 18.4 Å². The first-order valence-corrected chi connectivity index (χ1v) is 10.3. The van der Waals surface area contributed by atoms with Crippen LogP contribution in [0.5, 0.6) is 0 Å². The second-order valence-electron chi connectivity index (χ2n) is 6.52. The molecule has 1 saturated heterocycles. The molecule has 0 bridgehead atoms. The number of nitrogens with zero attached hydrogens (tertiary/aromatic N) is 3. The number of benzene rings is 1. The maximum absolute atomic E-state index is 13.0. The third-order valence-corrected chi connectivity index (χ3v) is 5.80. The van der Waals surface area contributed by atoms with Crippen molar-refractivity contribution in [1.29, 1.82) is 0 Å². The van der Waals surface area contributed by atoms with E-state index >= 15 is 0 Å². The zero-order valence-corrected chi connectivity index (χ0v) is 18.6. The Kier molecular flexibility index (Phi) is 9.25. The van der Waals surface area contributed by atoms with Gasteiger partial charge in [0.25, 0.3) is 0 Å². The molecular weight excluding hydrogens is 470 g/mol. The summed E-state index contributed by atoms with van der Waals surface area (Å²) in [5.41, 5.74) is 1.01. The molecule has 148 valence electrons. The number of hydrogen-bond donors (Lipinski definition) is 1. The summed E-state index contributed by atoms with van der Waals surface area (Å²) >= 11 is 0. The quantitative estimate of drug-likeness (QED) is 0.384. The van der Waals surface area contributed by atoms with E-state index in [-0.39, 0.29) is 29.8 Å². The van der Waals surface area contributed by atoms with E-state index in [9.17, 15) is 12.8 Å². The number of nitrogens with one attached hydrogen (secondary N) is 1. The van der Waals surface area contributed by atoms with Crippen molar-refractivity contribution < 1.29 is 12.8 Å². The van der Waals surface area contributed by atoms with Gasteiger partial charge in [0, 0.05) is 40.3 Å². The van der Waals surface area contributed by atoms with Gasteiger partial charge < -0.3 is 10.2 Å². The summed E-state index contributed by atoms with van der Waals surface area (Å²) in [6, 6.07) is 6.43. The highest BCUT2D eigenvalue weighted by atomic mass is 127. The highest BCUT2D eigenvalue weighted by molar-refractivity contribution is 14.0. The maximum Gasteiger partial charge on any atom is 0.211 e. The molecule has 26 heavy (non-hydrogen) atoms. The molecule has 0 unspecified atom stereocenters. The Bertz CT molecular complexity index is 689. The number of halogens is 2. The standard InChI is InChI=1S/C17H27FN4O2S.HI/c1-19-17(21(2)13-15-4-6-16(18)7-5-15)20-12-14-8-10-22(11-9-14)25(3,23)24;/h4-7,14H,8-13H2,1-3H3,(H,19,20);1H. The highest BCUT2D eigenvalue weighted by Crippen LogP contribution is 2.18. The molecule has 1 fully saturated rings. The highest BCUT2D eigenvalue weighted by Gasteiger charge is 2.25. The monoisotopic (exact) mass is 498 g/mol. The van der Waals surface area contributed by atoms with Crippen LogP contribution in [0.3, 0.4) is 0 Å². The van der Waals surface area contributed by atoms with E-state index in [0.29, 0.717) is 25.6 Å². The molecule has 0 spiro atoms. The maximum atomic E-state index is 13.0. The van der Waals surface area contributed by atoms with Crippen molar-refractivity contribution in [3.63, 3.8) is 0 Å². The molecule has 1 aliphatic rings. The van der Waals surface area contributed by atoms with Crippen molar-refractivity contribution >= 4 is 40.0 Å². The second kappa shape index (κ2) is 10.4. The Morgan fingerprint density at radius 2 is 1.88 bits per heavy atom. The van der Waals surface area contributed by atoms with Crippen LogP contribution in [0.1, 0.15) is 18.4 Å². The molecule has 6 nitrogen and oxygen atoms in total. The summed E-state index contributed by atoms with van der Waals surface area (Å²) in [4.78, 5) is 6.28. The number of piperidine rings is 1. The van der Waals surface area contributed by atoms with Crippen LogP contribution in [0.2, 0.25) is 0 Å². The summed E-state index contributed by atoms with van der Waals surface area (Å²) in [5, 5.41) is 3.36. The van der Waals surface area contributed by atoms with Gasteiger partial charge in [-0.25, -0.2) is 17.1 Å². The normalized spacial score (nSPS) is 16.8. The van der Waals surface area contributed by atoms with Gasteiger partial charge in [0.1, 0.15) is 5.82 Å². The Morgan fingerprint density at radius 1 is 1.31 bits per heavy atom. The molecule has 1 N–H and O–H groups in total. The number of aliphatic imine (C=N–C) groups is 1. The smallest absolute Gasteiger partial charge is 0.211 e. The first-order chi connectivity index (χ1) is 11.8. The van der Waals surface area contributed by atoms with Crippen LogP contribution in [-0.4, -0.2) is 63.6 Å². The predicted molar refractivity (Wildman–Crippen MR) is 114 cm³/mol. The Balaban J connectivity index is 0.00000338. The van der Waals surface area contributed by atoms with Crippen molar-refractivity contribution in [2.45, 2.75) is 19.4 Å². The molecule has 1 aromatic rings. The van der Waals surface area contributed by atoms with Crippen LogP contribution < -0.4 is 5.32 Å². The summed E-state index contributed by atoms with van der Waals surface area (Å²) in [6.45, 7) is 2.55. The van der Waals surface area contributed by atoms with Gasteiger partial charge in [0.05, 0.1) is 6.26 Å². The van der Waals surface area contributed by atoms with Crippen LogP contribution in [0.25, 0.3) is 0 Å². The van der Waals surface area contributed by atoms with Gasteiger partial charge in [-0.1, -0.05) is 12.1 Å². The largest absolute Gasteiger partial charge is 0.356 e. The van der Waals surface area contributed by atoms with Crippen molar-refractivity contribution in [2.24, 2.45) is 10.9 Å². The molecule has 0 atom stereocenters. The van der Waals surface area contributed by atoms with Crippen LogP contribution in [0.4, 0.5) is 4.39 Å². The molecule has 2 rings (SSSR count). The number of sulfonamides is 1. The van der Waals surface area contributed by atoms with Gasteiger partial charge in [-0.3, -0.25) is 4.99 Å². The minimum absolute atomic E-state index is 0. The fourth-order valence-electron chi connectivity index (χ4n) is 3.00. The molecule has 1 aliphatic heterocycles. The zero-order valence-electron chi connectivity index (χ0n) is 15.5. The van der Waals surface area contributed by atoms with Gasteiger partial charge in [0.15, 0.2) is 5.96 Å². The van der Waals surface area contributed by atoms with E-state index < -0.39 is 10.0 Å². The minimum Gasteiger partial charge on any atom is -0.356 e. The van der Waals surface area contributed by atoms with Gasteiger partial charge in [-0.2, -0.15) is 0 Å². The summed E-state index contributed by atoms with van der Waals surface area (Å²) in [7, 11) is 0.585. The molecule has 0 saturated carbocycles. The third kappa shape index (κ3) is 6.99. The number of guanidine groups is 1. The predicted octanol–water partition coefficient (Wildman–Crippen LogP) is 2.12. The van der Waals surface area contributed by atoms with Gasteiger partial charge in [0.2, 0.25) is 10.0 Å². The molecular formula is C17H28FIN4O2S. The fourth-order valence-corrected chi connectivity index (χ4v) is 3.88. The SMILES string of the molecule is CN=C(NCC1CCN(S(C)(=O)=O)CC1)N(C)Cc1ccc(F)cc1.I. The Hall–Kier alpha value is -0.940. The summed E-state index contributed by atoms with van der Waals surface area (Å²) < 4.78 is 37.6. The summed E-state index contributed by atoms with van der Waals surface area (Å²) in [6.07, 6.45) is 2.95. The lowest BCUT2D eigenvalue weighted by Crippen LogP contribution is -2.44. The van der Waals surface area contributed by atoms with Crippen LogP contribution in [0.15, 0.2) is 29.3 Å². The van der Waals surface area contributed by atoms with E-state index in [1.54, 1.807) is 23.5 Å². The van der Waals surface area contributed by atoms with Gasteiger partial charge in [-0.15, -0.1) is 24.0 Å². The first-order valence-electron chi connectivity index (χ1n) is 8.41. The zero-order chi connectivity index (χ0) is 18.4. The molecule has 1 aromatic carbocycles.